The number of allylic oxidation sites excluding steroid dienone is 13. The molecule has 9 heteroatoms. The minimum atomic E-state index is -4.34. The number of quaternary nitrogens is 1. The van der Waals surface area contributed by atoms with Crippen LogP contribution in [-0.2, 0) is 18.4 Å². The number of aliphatic hydroxyl groups excluding tert-OH is 1. The van der Waals surface area contributed by atoms with Gasteiger partial charge in [0, 0.05) is 6.42 Å². The predicted octanol–water partition coefficient (Wildman–Crippen LogP) is 16.9. The maximum absolute atomic E-state index is 12.9. The zero-order valence-electron chi connectivity index (χ0n) is 44.8. The molecule has 0 heterocycles. The summed E-state index contributed by atoms with van der Waals surface area (Å²) in [4.78, 5) is 23.1. The van der Waals surface area contributed by atoms with Crippen LogP contribution in [0.25, 0.3) is 0 Å². The maximum atomic E-state index is 12.9. The van der Waals surface area contributed by atoms with Crippen LogP contribution in [0.5, 0.6) is 0 Å². The maximum Gasteiger partial charge on any atom is 0.472 e. The minimum Gasteiger partial charge on any atom is -0.387 e. The number of amides is 1. The van der Waals surface area contributed by atoms with Crippen LogP contribution in [0.15, 0.2) is 85.1 Å². The minimum absolute atomic E-state index is 0.0545. The molecule has 3 unspecified atom stereocenters. The molecule has 0 spiro atoms. The molecular weight excluding hydrogens is 864 g/mol. The van der Waals surface area contributed by atoms with Crippen LogP contribution < -0.4 is 5.32 Å². The standard InChI is InChI=1S/C59H107N2O6P/c1-6-8-10-12-14-15-16-17-18-19-20-21-22-23-24-25-26-27-28-29-30-31-32-33-34-35-36-37-38-39-40-41-42-43-44-45-47-49-51-53-59(63)60-57(58(62)52-50-48-46-13-11-9-7-2)56-67-68(64,65)66-55-54-61(3,4)5/h8,10-11,13-15,17-18,20-21,23-24,50,52,57-58,62H,6-7,9,12,16,19,22,25-49,51,53-56H2,1-5H3,(H-,60,63,64,65)/p+1/b10-8-,13-11+,15-14-,18-17-,21-20-,24-23-,52-50+. The van der Waals surface area contributed by atoms with Crippen molar-refractivity contribution in [3.8, 4) is 0 Å². The van der Waals surface area contributed by atoms with Gasteiger partial charge < -0.3 is 19.8 Å². The number of nitrogens with zero attached hydrogens (tertiary/aromatic N) is 1. The fourth-order valence-electron chi connectivity index (χ4n) is 7.74. The molecule has 0 fully saturated rings. The van der Waals surface area contributed by atoms with E-state index < -0.39 is 20.0 Å². The lowest BCUT2D eigenvalue weighted by Crippen LogP contribution is -2.45. The Bertz CT molecular complexity index is 1380. The molecule has 0 saturated heterocycles. The number of carbonyl (C=O) groups is 1. The summed E-state index contributed by atoms with van der Waals surface area (Å²) in [7, 11) is 1.55. The van der Waals surface area contributed by atoms with Gasteiger partial charge >= 0.3 is 7.82 Å². The third-order valence-electron chi connectivity index (χ3n) is 12.1. The summed E-state index contributed by atoms with van der Waals surface area (Å²) in [6, 6.07) is -0.861. The highest BCUT2D eigenvalue weighted by Crippen LogP contribution is 2.43. The normalized spacial score (nSPS) is 14.6. The van der Waals surface area contributed by atoms with Gasteiger partial charge in [-0.1, -0.05) is 240 Å². The summed E-state index contributed by atoms with van der Waals surface area (Å²) in [6.45, 7) is 4.57. The second-order valence-electron chi connectivity index (χ2n) is 19.9. The molecule has 0 aliphatic heterocycles. The third-order valence-corrected chi connectivity index (χ3v) is 13.1. The second kappa shape index (κ2) is 49.7. The average Bonchev–Trinajstić information content (AvgIpc) is 3.30. The van der Waals surface area contributed by atoms with Crippen LogP contribution in [0.2, 0.25) is 0 Å². The van der Waals surface area contributed by atoms with Crippen molar-refractivity contribution in [1.29, 1.82) is 0 Å². The highest BCUT2D eigenvalue weighted by Gasteiger charge is 2.27. The smallest absolute Gasteiger partial charge is 0.387 e. The van der Waals surface area contributed by atoms with Gasteiger partial charge in [0.05, 0.1) is 39.9 Å². The van der Waals surface area contributed by atoms with E-state index in [-0.39, 0.29) is 19.1 Å². The van der Waals surface area contributed by atoms with E-state index in [0.29, 0.717) is 17.4 Å². The van der Waals surface area contributed by atoms with E-state index in [9.17, 15) is 19.4 Å². The van der Waals surface area contributed by atoms with Crippen LogP contribution in [0, 0.1) is 0 Å². The van der Waals surface area contributed by atoms with E-state index in [1.54, 1.807) is 6.08 Å². The van der Waals surface area contributed by atoms with Gasteiger partial charge in [-0.2, -0.15) is 0 Å². The highest BCUT2D eigenvalue weighted by atomic mass is 31.2. The first-order chi connectivity index (χ1) is 33.0. The summed E-state index contributed by atoms with van der Waals surface area (Å²) < 4.78 is 23.5. The van der Waals surface area contributed by atoms with E-state index in [4.69, 9.17) is 9.05 Å². The first kappa shape index (κ1) is 65.7. The van der Waals surface area contributed by atoms with Crippen molar-refractivity contribution in [3.05, 3.63) is 85.1 Å². The van der Waals surface area contributed by atoms with Gasteiger partial charge in [-0.3, -0.25) is 13.8 Å². The van der Waals surface area contributed by atoms with Crippen molar-refractivity contribution in [2.75, 3.05) is 40.9 Å². The molecule has 8 nitrogen and oxygen atoms in total. The number of phosphoric ester groups is 1. The zero-order chi connectivity index (χ0) is 49.9. The van der Waals surface area contributed by atoms with E-state index in [1.165, 1.54) is 135 Å². The third kappa shape index (κ3) is 51.5. The Morgan fingerprint density at radius 2 is 0.897 bits per heavy atom. The first-order valence-electron chi connectivity index (χ1n) is 28.0. The molecule has 0 aromatic rings. The molecule has 1 amide bonds. The molecule has 0 rings (SSSR count). The van der Waals surface area contributed by atoms with Gasteiger partial charge in [-0.15, -0.1) is 0 Å². The number of nitrogens with one attached hydrogen (secondary N) is 1. The van der Waals surface area contributed by atoms with Gasteiger partial charge in [0.15, 0.2) is 0 Å². The van der Waals surface area contributed by atoms with Crippen LogP contribution in [0.3, 0.4) is 0 Å². The first-order valence-corrected chi connectivity index (χ1v) is 29.5. The van der Waals surface area contributed by atoms with Crippen LogP contribution in [-0.4, -0.2) is 73.4 Å². The van der Waals surface area contributed by atoms with Crippen molar-refractivity contribution in [2.24, 2.45) is 0 Å². The molecule has 68 heavy (non-hydrogen) atoms. The Kier molecular flexibility index (Phi) is 48.0. The van der Waals surface area contributed by atoms with Crippen molar-refractivity contribution in [2.45, 2.75) is 244 Å². The predicted molar refractivity (Wildman–Crippen MR) is 295 cm³/mol. The largest absolute Gasteiger partial charge is 0.472 e. The van der Waals surface area contributed by atoms with Gasteiger partial charge in [-0.25, -0.2) is 4.57 Å². The lowest BCUT2D eigenvalue weighted by atomic mass is 10.0. The molecule has 0 aliphatic carbocycles. The molecule has 0 bridgehead atoms. The molecule has 0 aromatic heterocycles. The zero-order valence-corrected chi connectivity index (χ0v) is 45.7. The van der Waals surface area contributed by atoms with E-state index in [2.05, 4.69) is 92.1 Å². The number of aliphatic hydroxyl groups is 1. The summed E-state index contributed by atoms with van der Waals surface area (Å²) in [5.41, 5.74) is 0. The molecule has 0 radical (unpaired) electrons. The monoisotopic (exact) mass is 972 g/mol. The highest BCUT2D eigenvalue weighted by molar-refractivity contribution is 7.47. The Morgan fingerprint density at radius 1 is 0.515 bits per heavy atom. The number of rotatable bonds is 50. The number of unbranched alkanes of at least 4 members (excludes halogenated alkanes) is 25. The molecule has 3 N–H and O–H groups in total. The van der Waals surface area contributed by atoms with Crippen molar-refractivity contribution in [3.63, 3.8) is 0 Å². The summed E-state index contributed by atoms with van der Waals surface area (Å²) in [6.07, 6.45) is 70.3. The van der Waals surface area contributed by atoms with Crippen LogP contribution in [0.4, 0.5) is 0 Å². The quantitative estimate of drug-likeness (QED) is 0.0243. The Labute approximate surface area is 420 Å². The summed E-state index contributed by atoms with van der Waals surface area (Å²) in [5.74, 6) is -0.191. The summed E-state index contributed by atoms with van der Waals surface area (Å²) in [5, 5.41) is 13.7. The number of hydrogen-bond donors (Lipinski definition) is 3. The lowest BCUT2D eigenvalue weighted by Gasteiger charge is -2.25. The molecule has 0 aromatic carbocycles. The van der Waals surface area contributed by atoms with Crippen molar-refractivity contribution in [1.82, 2.24) is 5.32 Å². The van der Waals surface area contributed by atoms with Gasteiger partial charge in [0.2, 0.25) is 5.91 Å². The molecule has 0 aliphatic rings. The fourth-order valence-corrected chi connectivity index (χ4v) is 8.48. The number of hydrogen-bond acceptors (Lipinski definition) is 5. The topological polar surface area (TPSA) is 105 Å². The lowest BCUT2D eigenvalue weighted by molar-refractivity contribution is -0.870. The van der Waals surface area contributed by atoms with E-state index in [0.717, 1.165) is 77.0 Å². The van der Waals surface area contributed by atoms with Gasteiger partial charge in [-0.05, 0) is 70.6 Å². The molecule has 0 saturated carbocycles. The van der Waals surface area contributed by atoms with Crippen molar-refractivity contribution < 1.29 is 32.9 Å². The van der Waals surface area contributed by atoms with Crippen molar-refractivity contribution >= 4 is 13.7 Å². The number of carbonyl (C=O) groups excluding carboxylic acids is 1. The molecular formula is C59H108N2O6P+. The number of phosphoric acid groups is 1. The Morgan fingerprint density at radius 3 is 1.34 bits per heavy atom. The van der Waals surface area contributed by atoms with Crippen LogP contribution in [0.1, 0.15) is 232 Å². The summed E-state index contributed by atoms with van der Waals surface area (Å²) >= 11 is 0. The Hall–Kier alpha value is -2.32. The molecule has 3 atom stereocenters. The average molecular weight is 972 g/mol. The SMILES string of the molecule is CC/C=C\C/C=C\C/C=C\C/C=C\C/C=C\CCCCCCCCCCCCCCCCCCCCCCCCCC(=O)NC(COP(=O)(O)OCC[N+](C)(C)C)C(O)/C=C/CC/C=C/CCC. The number of likely N-dealkylation sites (N-methyl/N-ethyl adjacent to an activating group) is 1. The fraction of sp³-hybridized carbons (Fsp3) is 0.746. The molecule has 394 valence electrons. The van der Waals surface area contributed by atoms with E-state index in [1.807, 2.05) is 27.2 Å². The van der Waals surface area contributed by atoms with Gasteiger partial charge in [0.25, 0.3) is 0 Å². The van der Waals surface area contributed by atoms with E-state index >= 15 is 0 Å². The van der Waals surface area contributed by atoms with Crippen LogP contribution >= 0.6 is 7.82 Å². The second-order valence-corrected chi connectivity index (χ2v) is 21.4. The Balaban J connectivity index is 3.79. The van der Waals surface area contributed by atoms with Gasteiger partial charge in [0.1, 0.15) is 13.2 Å².